The largest absolute Gasteiger partial charge is 0.492 e. The molecule has 0 spiro atoms. The summed E-state index contributed by atoms with van der Waals surface area (Å²) in [5.41, 5.74) is 0.886. The zero-order valence-corrected chi connectivity index (χ0v) is 18.3. The van der Waals surface area contributed by atoms with E-state index in [1.165, 1.54) is 6.20 Å². The summed E-state index contributed by atoms with van der Waals surface area (Å²) in [4.78, 5) is 21.0. The molecule has 1 amide bonds. The Morgan fingerprint density at radius 3 is 2.47 bits per heavy atom. The first-order chi connectivity index (χ1) is 14.1. The number of hydrogen-bond acceptors (Lipinski definition) is 6. The maximum absolute atomic E-state index is 12.7. The molecule has 1 heterocycles. The van der Waals surface area contributed by atoms with Crippen LogP contribution < -0.4 is 14.8 Å². The van der Waals surface area contributed by atoms with Crippen LogP contribution in [-0.4, -0.2) is 34.6 Å². The van der Waals surface area contributed by atoms with Crippen molar-refractivity contribution in [3.63, 3.8) is 0 Å². The molecule has 2 aromatic rings. The number of nitriles is 1. The van der Waals surface area contributed by atoms with E-state index in [1.807, 2.05) is 13.8 Å². The molecule has 0 atom stereocenters. The van der Waals surface area contributed by atoms with Gasteiger partial charge in [0.05, 0.1) is 24.1 Å². The lowest BCUT2D eigenvalue weighted by Gasteiger charge is -2.63. The smallest absolute Gasteiger partial charge is 0.271 e. The first-order valence-corrected chi connectivity index (χ1v) is 10.0. The minimum atomic E-state index is -0.322. The summed E-state index contributed by atoms with van der Waals surface area (Å²) < 4.78 is 11.9. The molecule has 7 heteroatoms. The minimum absolute atomic E-state index is 0.115. The van der Waals surface area contributed by atoms with E-state index in [1.54, 1.807) is 24.4 Å². The molecule has 1 aliphatic carbocycles. The van der Waals surface area contributed by atoms with Crippen molar-refractivity contribution in [1.29, 1.82) is 5.26 Å². The molecule has 1 saturated carbocycles. The lowest BCUT2D eigenvalue weighted by Crippen LogP contribution is -2.74. The molecular weight excluding hydrogens is 380 g/mol. The van der Waals surface area contributed by atoms with Crippen molar-refractivity contribution in [3.05, 3.63) is 47.5 Å². The molecule has 1 fully saturated rings. The maximum atomic E-state index is 12.7. The fraction of sp³-hybridized carbons (Fsp3) is 0.478. The molecule has 158 valence electrons. The number of nitrogens with zero attached hydrogens (tertiary/aromatic N) is 3. The first kappa shape index (κ1) is 21.6. The minimum Gasteiger partial charge on any atom is -0.492 e. The maximum Gasteiger partial charge on any atom is 0.271 e. The molecule has 1 aromatic heterocycles. The zero-order chi connectivity index (χ0) is 22.1. The van der Waals surface area contributed by atoms with E-state index >= 15 is 0 Å². The van der Waals surface area contributed by atoms with Gasteiger partial charge in [-0.1, -0.05) is 27.7 Å². The number of amides is 1. The molecule has 0 radical (unpaired) electrons. The van der Waals surface area contributed by atoms with Gasteiger partial charge in [-0.3, -0.25) is 9.78 Å². The second kappa shape index (κ2) is 7.94. The molecule has 7 nitrogen and oxygen atoms in total. The number of ether oxygens (including phenoxy) is 2. The fourth-order valence-corrected chi connectivity index (χ4v) is 4.59. The Kier molecular flexibility index (Phi) is 5.71. The fourth-order valence-electron chi connectivity index (χ4n) is 4.59. The van der Waals surface area contributed by atoms with Gasteiger partial charge >= 0.3 is 0 Å². The molecule has 1 N–H and O–H groups in total. The highest BCUT2D eigenvalue weighted by molar-refractivity contribution is 5.92. The molecule has 0 unspecified atom stereocenters. The van der Waals surface area contributed by atoms with Gasteiger partial charge < -0.3 is 14.8 Å². The van der Waals surface area contributed by atoms with Crippen LogP contribution in [0.1, 0.15) is 56.4 Å². The van der Waals surface area contributed by atoms with Crippen LogP contribution in [0.2, 0.25) is 0 Å². The Hall–Kier alpha value is -3.14. The van der Waals surface area contributed by atoms with E-state index in [0.717, 1.165) is 5.69 Å². The van der Waals surface area contributed by atoms with Crippen LogP contribution in [0.15, 0.2) is 30.6 Å². The van der Waals surface area contributed by atoms with Crippen LogP contribution in [0.25, 0.3) is 0 Å². The third kappa shape index (κ3) is 3.82. The van der Waals surface area contributed by atoms with Gasteiger partial charge in [-0.15, -0.1) is 0 Å². The van der Waals surface area contributed by atoms with Crippen molar-refractivity contribution in [2.45, 2.75) is 53.7 Å². The molecular formula is C23H28N4O3. The van der Waals surface area contributed by atoms with Crippen molar-refractivity contribution in [3.8, 4) is 17.6 Å². The molecule has 0 saturated heterocycles. The zero-order valence-electron chi connectivity index (χ0n) is 18.3. The Morgan fingerprint density at radius 1 is 1.20 bits per heavy atom. The van der Waals surface area contributed by atoms with Crippen LogP contribution in [0.3, 0.4) is 0 Å². The van der Waals surface area contributed by atoms with E-state index in [2.05, 4.69) is 49.0 Å². The highest BCUT2D eigenvalue weighted by Gasteiger charge is 2.64. The number of aromatic nitrogens is 2. The van der Waals surface area contributed by atoms with Crippen LogP contribution in [-0.2, 0) is 0 Å². The third-order valence-electron chi connectivity index (χ3n) is 5.76. The van der Waals surface area contributed by atoms with Gasteiger partial charge in [0.1, 0.15) is 29.4 Å². The van der Waals surface area contributed by atoms with Gasteiger partial charge in [-0.05, 0) is 26.0 Å². The van der Waals surface area contributed by atoms with Crippen molar-refractivity contribution < 1.29 is 14.3 Å². The van der Waals surface area contributed by atoms with Gasteiger partial charge in [-0.2, -0.15) is 5.26 Å². The predicted octanol–water partition coefficient (Wildman–Crippen LogP) is 3.67. The van der Waals surface area contributed by atoms with Crippen molar-refractivity contribution in [2.75, 3.05) is 6.61 Å². The Morgan fingerprint density at radius 2 is 1.90 bits per heavy atom. The van der Waals surface area contributed by atoms with Crippen molar-refractivity contribution in [1.82, 2.24) is 15.3 Å². The van der Waals surface area contributed by atoms with Gasteiger partial charge in [0.25, 0.3) is 5.91 Å². The number of benzene rings is 1. The van der Waals surface area contributed by atoms with E-state index in [4.69, 9.17) is 9.47 Å². The Bertz CT molecular complexity index is 961. The summed E-state index contributed by atoms with van der Waals surface area (Å²) >= 11 is 0. The lowest BCUT2D eigenvalue weighted by atomic mass is 9.49. The summed E-state index contributed by atoms with van der Waals surface area (Å²) in [6.07, 6.45) is 2.92. The summed E-state index contributed by atoms with van der Waals surface area (Å²) in [5.74, 6) is 0.900. The second-order valence-electron chi connectivity index (χ2n) is 8.79. The summed E-state index contributed by atoms with van der Waals surface area (Å²) in [6.45, 7) is 12.5. The molecule has 1 aliphatic rings. The molecule has 3 rings (SSSR count). The van der Waals surface area contributed by atoms with Crippen molar-refractivity contribution in [2.24, 2.45) is 10.8 Å². The number of hydrogen-bond donors (Lipinski definition) is 1. The van der Waals surface area contributed by atoms with Gasteiger partial charge in [0, 0.05) is 29.1 Å². The van der Waals surface area contributed by atoms with E-state index in [0.29, 0.717) is 29.4 Å². The van der Waals surface area contributed by atoms with Gasteiger partial charge in [0.15, 0.2) is 0 Å². The molecule has 30 heavy (non-hydrogen) atoms. The lowest BCUT2D eigenvalue weighted by molar-refractivity contribution is -0.164. The van der Waals surface area contributed by atoms with Crippen molar-refractivity contribution >= 4 is 5.91 Å². The van der Waals surface area contributed by atoms with Gasteiger partial charge in [-0.25, -0.2) is 4.98 Å². The average molecular weight is 409 g/mol. The number of nitrogens with one attached hydrogen (secondary N) is 1. The highest BCUT2D eigenvalue weighted by atomic mass is 16.5. The van der Waals surface area contributed by atoms with Crippen LogP contribution in [0.5, 0.6) is 11.5 Å². The normalized spacial score (nSPS) is 21.1. The van der Waals surface area contributed by atoms with Crippen LogP contribution >= 0.6 is 0 Å². The number of carbonyl (C=O) groups excluding carboxylic acids is 1. The summed E-state index contributed by atoms with van der Waals surface area (Å²) in [7, 11) is 0. The highest BCUT2D eigenvalue weighted by Crippen LogP contribution is 2.55. The quantitative estimate of drug-likeness (QED) is 0.783. The second-order valence-corrected chi connectivity index (χ2v) is 8.79. The molecule has 0 bridgehead atoms. The van der Waals surface area contributed by atoms with Crippen LogP contribution in [0.4, 0.5) is 0 Å². The average Bonchev–Trinajstić information content (AvgIpc) is 2.70. The van der Waals surface area contributed by atoms with Crippen LogP contribution in [0, 0.1) is 29.1 Å². The standard InChI is InChI=1S/C23H28N4O3/c1-7-29-18-10-16(9-8-15(18)11-24)30-21-22(3,4)20(23(21,5)6)27-19(28)17-13-25-14(2)12-26-17/h8-10,12-13,20-21H,7H2,1-6H3,(H,27,28). The summed E-state index contributed by atoms with van der Waals surface area (Å²) in [6, 6.07) is 7.25. The number of carbonyl (C=O) groups is 1. The monoisotopic (exact) mass is 408 g/mol. The van der Waals surface area contributed by atoms with E-state index < -0.39 is 0 Å². The van der Waals surface area contributed by atoms with E-state index in [-0.39, 0.29) is 28.9 Å². The number of aryl methyl sites for hydroxylation is 1. The van der Waals surface area contributed by atoms with E-state index in [9.17, 15) is 10.1 Å². The SMILES string of the molecule is CCOc1cc(OC2C(C)(C)C(NC(=O)c3cnc(C)cn3)C2(C)C)ccc1C#N. The first-order valence-electron chi connectivity index (χ1n) is 10.0. The Labute approximate surface area is 177 Å². The molecule has 1 aromatic carbocycles. The summed E-state index contributed by atoms with van der Waals surface area (Å²) in [5, 5.41) is 12.4. The molecule has 0 aliphatic heterocycles. The predicted molar refractivity (Wildman–Crippen MR) is 112 cm³/mol. The number of rotatable bonds is 6. The Balaban J connectivity index is 1.77. The third-order valence-corrected chi connectivity index (χ3v) is 5.76. The van der Waals surface area contributed by atoms with Gasteiger partial charge in [0.2, 0.25) is 0 Å². The topological polar surface area (TPSA) is 97.1 Å².